The molecule has 0 spiro atoms. The van der Waals surface area contributed by atoms with Crippen LogP contribution in [-0.2, 0) is 13.0 Å². The zero-order valence-electron chi connectivity index (χ0n) is 11.6. The third-order valence-electron chi connectivity index (χ3n) is 2.56. The van der Waals surface area contributed by atoms with Gasteiger partial charge >= 0.3 is 0 Å². The number of nitrogens with zero attached hydrogens (tertiary/aromatic N) is 3. The molecule has 0 aliphatic heterocycles. The number of nitrogens with one attached hydrogen (secondary N) is 1. The van der Waals surface area contributed by atoms with Crippen molar-refractivity contribution >= 4 is 42.1 Å². The van der Waals surface area contributed by atoms with Gasteiger partial charge in [0.05, 0.1) is 11.3 Å². The summed E-state index contributed by atoms with van der Waals surface area (Å²) in [6, 6.07) is 0.0151. The zero-order chi connectivity index (χ0) is 13.7. The number of thiazole rings is 1. The Morgan fingerprint density at radius 3 is 2.90 bits per heavy atom. The Bertz CT molecular complexity index is 531. The molecule has 3 N–H and O–H groups in total. The molecule has 6 nitrogen and oxygen atoms in total. The van der Waals surface area contributed by atoms with Gasteiger partial charge in [-0.3, -0.25) is 4.79 Å². The number of imidazole rings is 1. The maximum Gasteiger partial charge on any atom is 0.271 e. The summed E-state index contributed by atoms with van der Waals surface area (Å²) in [5, 5.41) is 5.58. The minimum atomic E-state index is -0.146. The molecule has 0 saturated carbocycles. The normalized spacial score (nSPS) is 11.1. The van der Waals surface area contributed by atoms with Crippen LogP contribution in [0.4, 0.5) is 0 Å². The minimum Gasteiger partial charge on any atom is -0.346 e. The second kappa shape index (κ2) is 9.73. The fraction of sp³-hybridized carbons (Fsp3) is 0.417. The van der Waals surface area contributed by atoms with Gasteiger partial charge in [-0.25, -0.2) is 9.97 Å². The largest absolute Gasteiger partial charge is 0.346 e. The average molecular weight is 352 g/mol. The molecule has 0 bridgehead atoms. The lowest BCUT2D eigenvalue weighted by molar-refractivity contribution is 0.0932. The topological polar surface area (TPSA) is 85.8 Å². The molecule has 2 aromatic rings. The summed E-state index contributed by atoms with van der Waals surface area (Å²) in [5.74, 6) is -0.146. The number of aromatic nitrogens is 3. The number of hydrogen-bond acceptors (Lipinski definition) is 5. The number of halogens is 2. The predicted molar refractivity (Wildman–Crippen MR) is 88.5 cm³/mol. The second-order valence-electron chi connectivity index (χ2n) is 4.30. The molecular formula is C12H19Cl2N5OS. The van der Waals surface area contributed by atoms with Gasteiger partial charge in [0, 0.05) is 36.8 Å². The number of amides is 1. The van der Waals surface area contributed by atoms with E-state index in [4.69, 9.17) is 5.73 Å². The molecule has 0 radical (unpaired) electrons. The zero-order valence-corrected chi connectivity index (χ0v) is 14.0. The van der Waals surface area contributed by atoms with Crippen LogP contribution in [0.5, 0.6) is 0 Å². The van der Waals surface area contributed by atoms with Crippen molar-refractivity contribution in [3.05, 3.63) is 34.8 Å². The van der Waals surface area contributed by atoms with Gasteiger partial charge in [0.15, 0.2) is 0 Å². The van der Waals surface area contributed by atoms with Crippen molar-refractivity contribution in [3.8, 4) is 0 Å². The predicted octanol–water partition coefficient (Wildman–Crippen LogP) is 1.50. The van der Waals surface area contributed by atoms with E-state index in [1.807, 2.05) is 17.7 Å². The molecule has 118 valence electrons. The van der Waals surface area contributed by atoms with Crippen molar-refractivity contribution in [1.82, 2.24) is 19.9 Å². The van der Waals surface area contributed by atoms with E-state index in [1.54, 1.807) is 17.9 Å². The van der Waals surface area contributed by atoms with E-state index in [1.165, 1.54) is 11.3 Å². The monoisotopic (exact) mass is 351 g/mol. The first-order valence-corrected chi connectivity index (χ1v) is 6.98. The maximum absolute atomic E-state index is 12.0. The van der Waals surface area contributed by atoms with Gasteiger partial charge in [0.25, 0.3) is 5.91 Å². The van der Waals surface area contributed by atoms with Gasteiger partial charge in [-0.15, -0.1) is 36.2 Å². The molecule has 2 rings (SSSR count). The summed E-state index contributed by atoms with van der Waals surface area (Å²) in [6.07, 6.45) is 6.02. The maximum atomic E-state index is 12.0. The summed E-state index contributed by atoms with van der Waals surface area (Å²) in [4.78, 5) is 20.2. The van der Waals surface area contributed by atoms with Crippen molar-refractivity contribution in [1.29, 1.82) is 0 Å². The van der Waals surface area contributed by atoms with Crippen LogP contribution < -0.4 is 11.1 Å². The molecular weight excluding hydrogens is 333 g/mol. The van der Waals surface area contributed by atoms with Crippen LogP contribution in [0.25, 0.3) is 0 Å². The number of carbonyl (C=O) groups excluding carboxylic acids is 1. The average Bonchev–Trinajstić information content (AvgIpc) is 3.00. The van der Waals surface area contributed by atoms with Crippen LogP contribution >= 0.6 is 36.2 Å². The fourth-order valence-corrected chi connectivity index (χ4v) is 2.50. The molecule has 0 aliphatic rings. The summed E-state index contributed by atoms with van der Waals surface area (Å²) in [5.41, 5.74) is 5.92. The summed E-state index contributed by atoms with van der Waals surface area (Å²) in [7, 11) is 0. The number of nitrogens with two attached hydrogens (primary N) is 1. The quantitative estimate of drug-likeness (QED) is 0.825. The molecule has 0 saturated heterocycles. The first-order valence-electron chi connectivity index (χ1n) is 6.10. The van der Waals surface area contributed by atoms with Gasteiger partial charge < -0.3 is 15.6 Å². The Labute approximate surface area is 140 Å². The second-order valence-corrected chi connectivity index (χ2v) is 5.24. The highest BCUT2D eigenvalue weighted by molar-refractivity contribution is 7.09. The van der Waals surface area contributed by atoms with Crippen LogP contribution in [0.15, 0.2) is 24.1 Å². The van der Waals surface area contributed by atoms with Crippen molar-refractivity contribution < 1.29 is 4.79 Å². The van der Waals surface area contributed by atoms with E-state index in [0.29, 0.717) is 25.2 Å². The fourth-order valence-electron chi connectivity index (χ4n) is 1.71. The molecule has 0 fully saturated rings. The molecule has 0 aromatic carbocycles. The summed E-state index contributed by atoms with van der Waals surface area (Å²) < 4.78 is 1.92. The van der Waals surface area contributed by atoms with Crippen LogP contribution in [-0.4, -0.2) is 33.0 Å². The number of hydrogen-bond donors (Lipinski definition) is 2. The lowest BCUT2D eigenvalue weighted by Crippen LogP contribution is -2.35. The Kier molecular flexibility index (Phi) is 9.19. The highest BCUT2D eigenvalue weighted by Gasteiger charge is 2.13. The van der Waals surface area contributed by atoms with Gasteiger partial charge in [-0.2, -0.15) is 0 Å². The Morgan fingerprint density at radius 2 is 2.29 bits per heavy atom. The van der Waals surface area contributed by atoms with Crippen LogP contribution in [0.1, 0.15) is 22.4 Å². The standard InChI is InChI=1S/C12H17N5OS.2ClH/c1-9(6-17-5-4-14-8-17)15-12(18)10-7-19-11(16-10)2-3-13;;/h4-5,7-9H,2-3,6,13H2,1H3,(H,15,18);2*1H. The molecule has 1 amide bonds. The smallest absolute Gasteiger partial charge is 0.271 e. The van der Waals surface area contributed by atoms with Crippen molar-refractivity contribution in [2.45, 2.75) is 25.9 Å². The van der Waals surface area contributed by atoms with E-state index < -0.39 is 0 Å². The first kappa shape index (κ1) is 19.9. The molecule has 1 unspecified atom stereocenters. The highest BCUT2D eigenvalue weighted by atomic mass is 35.5. The highest BCUT2D eigenvalue weighted by Crippen LogP contribution is 2.10. The van der Waals surface area contributed by atoms with E-state index in [9.17, 15) is 4.79 Å². The first-order chi connectivity index (χ1) is 9.19. The molecule has 1 atom stereocenters. The van der Waals surface area contributed by atoms with E-state index in [2.05, 4.69) is 15.3 Å². The van der Waals surface area contributed by atoms with Gasteiger partial charge in [0.1, 0.15) is 5.69 Å². The lowest BCUT2D eigenvalue weighted by atomic mass is 10.3. The minimum absolute atomic E-state index is 0. The number of carbonyl (C=O) groups is 1. The van der Waals surface area contributed by atoms with E-state index in [-0.39, 0.29) is 36.8 Å². The third-order valence-corrected chi connectivity index (χ3v) is 3.47. The van der Waals surface area contributed by atoms with Crippen LogP contribution in [0.3, 0.4) is 0 Å². The van der Waals surface area contributed by atoms with E-state index in [0.717, 1.165) is 5.01 Å². The molecule has 21 heavy (non-hydrogen) atoms. The van der Waals surface area contributed by atoms with Gasteiger partial charge in [-0.05, 0) is 13.5 Å². The molecule has 2 heterocycles. The van der Waals surface area contributed by atoms with Gasteiger partial charge in [-0.1, -0.05) is 0 Å². The Hall–Kier alpha value is -1.15. The summed E-state index contributed by atoms with van der Waals surface area (Å²) in [6.45, 7) is 3.18. The van der Waals surface area contributed by atoms with Crippen molar-refractivity contribution in [2.75, 3.05) is 6.54 Å². The Balaban J connectivity index is 0.00000200. The third kappa shape index (κ3) is 6.01. The molecule has 0 aliphatic carbocycles. The lowest BCUT2D eigenvalue weighted by Gasteiger charge is -2.13. The van der Waals surface area contributed by atoms with Gasteiger partial charge in [0.2, 0.25) is 0 Å². The van der Waals surface area contributed by atoms with E-state index >= 15 is 0 Å². The van der Waals surface area contributed by atoms with Crippen LogP contribution in [0.2, 0.25) is 0 Å². The molecule has 2 aromatic heterocycles. The van der Waals surface area contributed by atoms with Crippen molar-refractivity contribution in [3.63, 3.8) is 0 Å². The SMILES string of the molecule is CC(Cn1ccnc1)NC(=O)c1csc(CCN)n1.Cl.Cl. The number of rotatable bonds is 6. The molecule has 9 heteroatoms. The van der Waals surface area contributed by atoms with Crippen molar-refractivity contribution in [2.24, 2.45) is 5.73 Å². The Morgan fingerprint density at radius 1 is 1.52 bits per heavy atom. The summed E-state index contributed by atoms with van der Waals surface area (Å²) >= 11 is 1.47. The van der Waals surface area contributed by atoms with Crippen LogP contribution in [0, 0.1) is 0 Å².